The first-order valence-electron chi connectivity index (χ1n) is 6.65. The number of rotatable bonds is 3. The van der Waals surface area contributed by atoms with Crippen molar-refractivity contribution in [1.82, 2.24) is 9.88 Å². The zero-order valence-corrected chi connectivity index (χ0v) is 12.0. The Morgan fingerprint density at radius 3 is 2.30 bits per heavy atom. The highest BCUT2D eigenvalue weighted by Crippen LogP contribution is 2.38. The van der Waals surface area contributed by atoms with Crippen LogP contribution in [0.2, 0.25) is 0 Å². The molecule has 0 amide bonds. The standard InChI is InChI=1S/C15H19F3N2/c1-9(2)20-13(10(3)19-4)8-11-6-5-7-12(14(11)20)15(16,17)18/h5-10,19H,1-4H3. The van der Waals surface area contributed by atoms with Gasteiger partial charge in [-0.05, 0) is 40.0 Å². The molecule has 110 valence electrons. The number of fused-ring (bicyclic) bond motifs is 1. The number of alkyl halides is 3. The Morgan fingerprint density at radius 1 is 1.15 bits per heavy atom. The second kappa shape index (κ2) is 5.13. The second-order valence-corrected chi connectivity index (χ2v) is 5.28. The topological polar surface area (TPSA) is 17.0 Å². The normalized spacial score (nSPS) is 14.2. The molecule has 1 unspecified atom stereocenters. The molecular formula is C15H19F3N2. The monoisotopic (exact) mass is 284 g/mol. The van der Waals surface area contributed by atoms with Gasteiger partial charge in [0, 0.05) is 23.2 Å². The minimum atomic E-state index is -4.34. The van der Waals surface area contributed by atoms with E-state index in [-0.39, 0.29) is 17.6 Å². The van der Waals surface area contributed by atoms with E-state index >= 15 is 0 Å². The second-order valence-electron chi connectivity index (χ2n) is 5.28. The van der Waals surface area contributed by atoms with Crippen LogP contribution in [-0.2, 0) is 6.18 Å². The molecule has 1 aromatic carbocycles. The molecule has 0 fully saturated rings. The molecule has 0 bridgehead atoms. The van der Waals surface area contributed by atoms with Gasteiger partial charge in [-0.2, -0.15) is 13.2 Å². The van der Waals surface area contributed by atoms with E-state index in [1.807, 2.05) is 26.8 Å². The summed E-state index contributed by atoms with van der Waals surface area (Å²) < 4.78 is 41.5. The Bertz CT molecular complexity index is 611. The zero-order valence-electron chi connectivity index (χ0n) is 12.0. The highest BCUT2D eigenvalue weighted by molar-refractivity contribution is 5.85. The Labute approximate surface area is 116 Å². The first-order chi connectivity index (χ1) is 9.27. The van der Waals surface area contributed by atoms with Gasteiger partial charge in [-0.1, -0.05) is 12.1 Å². The Morgan fingerprint density at radius 2 is 1.80 bits per heavy atom. The van der Waals surface area contributed by atoms with Gasteiger partial charge in [-0.3, -0.25) is 0 Å². The molecule has 0 saturated heterocycles. The van der Waals surface area contributed by atoms with Gasteiger partial charge in [0.25, 0.3) is 0 Å². The van der Waals surface area contributed by atoms with E-state index in [0.717, 1.165) is 11.8 Å². The minimum Gasteiger partial charge on any atom is -0.340 e. The maximum Gasteiger partial charge on any atom is 0.418 e. The van der Waals surface area contributed by atoms with Crippen LogP contribution in [0.15, 0.2) is 24.3 Å². The number of nitrogens with one attached hydrogen (secondary N) is 1. The molecule has 0 spiro atoms. The molecule has 2 nitrogen and oxygen atoms in total. The Balaban J connectivity index is 2.84. The number of hydrogen-bond donors (Lipinski definition) is 1. The third-order valence-electron chi connectivity index (χ3n) is 3.59. The summed E-state index contributed by atoms with van der Waals surface area (Å²) >= 11 is 0. The van der Waals surface area contributed by atoms with Crippen LogP contribution in [0.3, 0.4) is 0 Å². The number of halogens is 3. The van der Waals surface area contributed by atoms with Gasteiger partial charge >= 0.3 is 6.18 Å². The van der Waals surface area contributed by atoms with Crippen LogP contribution in [0, 0.1) is 0 Å². The number of aromatic nitrogens is 1. The lowest BCUT2D eigenvalue weighted by molar-refractivity contribution is -0.136. The smallest absolute Gasteiger partial charge is 0.340 e. The molecular weight excluding hydrogens is 265 g/mol. The van der Waals surface area contributed by atoms with E-state index in [4.69, 9.17) is 0 Å². The molecule has 0 aliphatic carbocycles. The van der Waals surface area contributed by atoms with Gasteiger partial charge < -0.3 is 9.88 Å². The molecule has 1 heterocycles. The van der Waals surface area contributed by atoms with Gasteiger partial charge in [-0.25, -0.2) is 0 Å². The fourth-order valence-corrected chi connectivity index (χ4v) is 2.57. The van der Waals surface area contributed by atoms with Crippen LogP contribution in [0.5, 0.6) is 0 Å². The molecule has 2 rings (SSSR count). The highest BCUT2D eigenvalue weighted by Gasteiger charge is 2.34. The molecule has 0 aliphatic rings. The largest absolute Gasteiger partial charge is 0.418 e. The molecule has 1 atom stereocenters. The third kappa shape index (κ3) is 2.42. The van der Waals surface area contributed by atoms with Gasteiger partial charge in [0.2, 0.25) is 0 Å². The van der Waals surface area contributed by atoms with Gasteiger partial charge in [0.15, 0.2) is 0 Å². The summed E-state index contributed by atoms with van der Waals surface area (Å²) in [7, 11) is 1.80. The van der Waals surface area contributed by atoms with Crippen molar-refractivity contribution in [3.8, 4) is 0 Å². The summed E-state index contributed by atoms with van der Waals surface area (Å²) in [6, 6.07) is 6.13. The van der Waals surface area contributed by atoms with Crippen molar-refractivity contribution in [3.05, 3.63) is 35.5 Å². The summed E-state index contributed by atoms with van der Waals surface area (Å²) in [5.74, 6) is 0. The van der Waals surface area contributed by atoms with Gasteiger partial charge in [-0.15, -0.1) is 0 Å². The van der Waals surface area contributed by atoms with Crippen LogP contribution in [0.1, 0.15) is 44.1 Å². The third-order valence-corrected chi connectivity index (χ3v) is 3.59. The van der Waals surface area contributed by atoms with E-state index in [2.05, 4.69) is 5.32 Å². The van der Waals surface area contributed by atoms with E-state index < -0.39 is 11.7 Å². The van der Waals surface area contributed by atoms with Crippen molar-refractivity contribution >= 4 is 10.9 Å². The molecule has 1 aromatic heterocycles. The Hall–Kier alpha value is -1.49. The summed E-state index contributed by atoms with van der Waals surface area (Å²) in [5, 5.41) is 3.72. The molecule has 0 radical (unpaired) electrons. The number of hydrogen-bond acceptors (Lipinski definition) is 1. The lowest BCUT2D eigenvalue weighted by atomic mass is 10.1. The highest BCUT2D eigenvalue weighted by atomic mass is 19.4. The number of nitrogens with zero attached hydrogens (tertiary/aromatic N) is 1. The van der Waals surface area contributed by atoms with Crippen molar-refractivity contribution in [1.29, 1.82) is 0 Å². The average molecular weight is 284 g/mol. The van der Waals surface area contributed by atoms with Gasteiger partial charge in [0.1, 0.15) is 0 Å². The first-order valence-corrected chi connectivity index (χ1v) is 6.65. The van der Waals surface area contributed by atoms with Crippen molar-refractivity contribution in [2.75, 3.05) is 7.05 Å². The van der Waals surface area contributed by atoms with Crippen molar-refractivity contribution in [2.24, 2.45) is 0 Å². The zero-order chi connectivity index (χ0) is 15.1. The predicted octanol–water partition coefficient (Wildman–Crippen LogP) is 4.52. The summed E-state index contributed by atoms with van der Waals surface area (Å²) in [6.45, 7) is 5.75. The van der Waals surface area contributed by atoms with Crippen LogP contribution in [0.4, 0.5) is 13.2 Å². The molecule has 2 aromatic rings. The summed E-state index contributed by atoms with van der Waals surface area (Å²) in [4.78, 5) is 0. The van der Waals surface area contributed by atoms with Crippen LogP contribution >= 0.6 is 0 Å². The SMILES string of the molecule is CNC(C)c1cc2cccc(C(F)(F)F)c2n1C(C)C. The van der Waals surface area contributed by atoms with Crippen molar-refractivity contribution in [3.63, 3.8) is 0 Å². The summed E-state index contributed by atoms with van der Waals surface area (Å²) in [5.41, 5.74) is 0.569. The van der Waals surface area contributed by atoms with Crippen LogP contribution in [0.25, 0.3) is 10.9 Å². The molecule has 5 heteroatoms. The molecule has 1 N–H and O–H groups in total. The van der Waals surface area contributed by atoms with E-state index in [0.29, 0.717) is 5.39 Å². The van der Waals surface area contributed by atoms with Crippen molar-refractivity contribution in [2.45, 2.75) is 39.0 Å². The Kier molecular flexibility index (Phi) is 3.82. The first kappa shape index (κ1) is 14.9. The number of para-hydroxylation sites is 1. The lowest BCUT2D eigenvalue weighted by Crippen LogP contribution is -2.18. The number of benzene rings is 1. The van der Waals surface area contributed by atoms with Crippen molar-refractivity contribution < 1.29 is 13.2 Å². The average Bonchev–Trinajstić information content (AvgIpc) is 2.75. The minimum absolute atomic E-state index is 0.00844. The lowest BCUT2D eigenvalue weighted by Gasteiger charge is -2.20. The van der Waals surface area contributed by atoms with E-state index in [1.54, 1.807) is 17.7 Å². The predicted molar refractivity (Wildman–Crippen MR) is 74.8 cm³/mol. The van der Waals surface area contributed by atoms with Crippen LogP contribution < -0.4 is 5.32 Å². The maximum atomic E-state index is 13.2. The quantitative estimate of drug-likeness (QED) is 0.876. The fraction of sp³-hybridized carbons (Fsp3) is 0.467. The van der Waals surface area contributed by atoms with Crippen LogP contribution in [-0.4, -0.2) is 11.6 Å². The van der Waals surface area contributed by atoms with Gasteiger partial charge in [0.05, 0.1) is 11.1 Å². The van der Waals surface area contributed by atoms with E-state index in [9.17, 15) is 13.2 Å². The molecule has 0 saturated carbocycles. The maximum absolute atomic E-state index is 13.2. The fourth-order valence-electron chi connectivity index (χ4n) is 2.57. The summed E-state index contributed by atoms with van der Waals surface area (Å²) in [6.07, 6.45) is -4.34. The molecule has 20 heavy (non-hydrogen) atoms. The molecule has 0 aliphatic heterocycles. The van der Waals surface area contributed by atoms with E-state index in [1.165, 1.54) is 6.07 Å².